The van der Waals surface area contributed by atoms with Crippen LogP contribution in [0.4, 0.5) is 0 Å². The molecule has 3 nitrogen and oxygen atoms in total. The van der Waals surface area contributed by atoms with E-state index in [1.807, 2.05) is 18.5 Å². The summed E-state index contributed by atoms with van der Waals surface area (Å²) >= 11 is 0. The molecule has 0 aromatic carbocycles. The third kappa shape index (κ3) is 3.70. The molecular formula is C15H21N3. The van der Waals surface area contributed by atoms with Crippen LogP contribution in [-0.2, 0) is 19.5 Å². The van der Waals surface area contributed by atoms with Crippen molar-refractivity contribution in [2.45, 2.75) is 32.9 Å². The van der Waals surface area contributed by atoms with E-state index in [-0.39, 0.29) is 0 Å². The molecule has 96 valence electrons. The van der Waals surface area contributed by atoms with Crippen LogP contribution in [0, 0.1) is 0 Å². The van der Waals surface area contributed by atoms with Gasteiger partial charge in [-0.25, -0.2) is 0 Å². The van der Waals surface area contributed by atoms with E-state index in [1.165, 1.54) is 17.7 Å². The number of pyridine rings is 1. The second-order valence-electron chi connectivity index (χ2n) is 4.48. The van der Waals surface area contributed by atoms with E-state index in [1.54, 1.807) is 0 Å². The van der Waals surface area contributed by atoms with Crippen molar-refractivity contribution in [1.29, 1.82) is 0 Å². The van der Waals surface area contributed by atoms with Crippen molar-refractivity contribution >= 4 is 0 Å². The molecule has 2 aromatic rings. The van der Waals surface area contributed by atoms with Crippen molar-refractivity contribution in [3.8, 4) is 0 Å². The fourth-order valence-electron chi connectivity index (χ4n) is 2.02. The number of nitrogens with one attached hydrogen (secondary N) is 1. The Kier molecular flexibility index (Phi) is 4.97. The Balaban J connectivity index is 1.87. The summed E-state index contributed by atoms with van der Waals surface area (Å²) in [5.74, 6) is 0. The summed E-state index contributed by atoms with van der Waals surface area (Å²) in [5.41, 5.74) is 2.64. The summed E-state index contributed by atoms with van der Waals surface area (Å²) in [5, 5.41) is 3.44. The molecule has 0 unspecified atom stereocenters. The number of hydrogen-bond acceptors (Lipinski definition) is 2. The molecule has 3 heteroatoms. The summed E-state index contributed by atoms with van der Waals surface area (Å²) in [6.07, 6.45) is 8.12. The third-order valence-electron chi connectivity index (χ3n) is 3.02. The van der Waals surface area contributed by atoms with Gasteiger partial charge in [0.15, 0.2) is 0 Å². The van der Waals surface area contributed by atoms with Gasteiger partial charge in [-0.2, -0.15) is 0 Å². The maximum absolute atomic E-state index is 4.15. The average molecular weight is 243 g/mol. The molecule has 2 rings (SSSR count). The van der Waals surface area contributed by atoms with Crippen LogP contribution in [0.2, 0.25) is 0 Å². The normalized spacial score (nSPS) is 10.7. The van der Waals surface area contributed by atoms with Crippen LogP contribution in [-0.4, -0.2) is 16.1 Å². The molecule has 0 aliphatic rings. The zero-order chi connectivity index (χ0) is 12.6. The molecule has 0 bridgehead atoms. The topological polar surface area (TPSA) is 29.9 Å². The van der Waals surface area contributed by atoms with Crippen molar-refractivity contribution < 1.29 is 0 Å². The van der Waals surface area contributed by atoms with Crippen molar-refractivity contribution in [1.82, 2.24) is 14.9 Å². The Bertz CT molecular complexity index is 448. The van der Waals surface area contributed by atoms with Crippen LogP contribution >= 0.6 is 0 Å². The standard InChI is InChI=1S/C15H21N3/c1-2-8-16-13-15-6-4-10-18(15)11-7-14-5-3-9-17-12-14/h3-6,9-10,12,16H,2,7-8,11,13H2,1H3. The molecular weight excluding hydrogens is 222 g/mol. The zero-order valence-electron chi connectivity index (χ0n) is 11.0. The molecule has 18 heavy (non-hydrogen) atoms. The average Bonchev–Trinajstić information content (AvgIpc) is 2.86. The Morgan fingerprint density at radius 2 is 2.22 bits per heavy atom. The highest BCUT2D eigenvalue weighted by Crippen LogP contribution is 2.05. The number of hydrogen-bond donors (Lipinski definition) is 1. The largest absolute Gasteiger partial charge is 0.350 e. The van der Waals surface area contributed by atoms with Crippen molar-refractivity contribution in [3.63, 3.8) is 0 Å². The lowest BCUT2D eigenvalue weighted by Crippen LogP contribution is -2.17. The molecule has 0 aliphatic carbocycles. The van der Waals surface area contributed by atoms with Gasteiger partial charge in [0.1, 0.15) is 0 Å². The predicted octanol–water partition coefficient (Wildman–Crippen LogP) is 2.63. The van der Waals surface area contributed by atoms with Crippen LogP contribution in [0.3, 0.4) is 0 Å². The molecule has 2 heterocycles. The van der Waals surface area contributed by atoms with Gasteiger partial charge in [-0.3, -0.25) is 4.98 Å². The minimum absolute atomic E-state index is 0.952. The monoisotopic (exact) mass is 243 g/mol. The van der Waals surface area contributed by atoms with Gasteiger partial charge in [-0.15, -0.1) is 0 Å². The number of rotatable bonds is 7. The molecule has 0 saturated carbocycles. The van der Waals surface area contributed by atoms with E-state index in [0.29, 0.717) is 0 Å². The summed E-state index contributed by atoms with van der Waals surface area (Å²) in [6, 6.07) is 8.43. The Morgan fingerprint density at radius 1 is 1.28 bits per heavy atom. The molecule has 0 atom stereocenters. The van der Waals surface area contributed by atoms with Crippen molar-refractivity contribution in [2.24, 2.45) is 0 Å². The first-order valence-corrected chi connectivity index (χ1v) is 6.64. The van der Waals surface area contributed by atoms with Gasteiger partial charge in [-0.05, 0) is 43.1 Å². The van der Waals surface area contributed by atoms with Crippen LogP contribution in [0.25, 0.3) is 0 Å². The second-order valence-corrected chi connectivity index (χ2v) is 4.48. The van der Waals surface area contributed by atoms with Gasteiger partial charge in [0.25, 0.3) is 0 Å². The van der Waals surface area contributed by atoms with Gasteiger partial charge in [0.2, 0.25) is 0 Å². The fraction of sp³-hybridized carbons (Fsp3) is 0.400. The highest BCUT2D eigenvalue weighted by Gasteiger charge is 2.00. The first kappa shape index (κ1) is 12.8. The quantitative estimate of drug-likeness (QED) is 0.758. The van der Waals surface area contributed by atoms with E-state index in [4.69, 9.17) is 0 Å². The lowest BCUT2D eigenvalue weighted by Gasteiger charge is -2.10. The van der Waals surface area contributed by atoms with Crippen LogP contribution in [0.15, 0.2) is 42.9 Å². The van der Waals surface area contributed by atoms with Gasteiger partial charge < -0.3 is 9.88 Å². The summed E-state index contributed by atoms with van der Waals surface area (Å²) < 4.78 is 2.32. The van der Waals surface area contributed by atoms with Crippen molar-refractivity contribution in [3.05, 3.63) is 54.1 Å². The highest BCUT2D eigenvalue weighted by molar-refractivity contribution is 5.11. The summed E-state index contributed by atoms with van der Waals surface area (Å²) in [4.78, 5) is 4.15. The molecule has 0 saturated heterocycles. The molecule has 2 aromatic heterocycles. The van der Waals surface area contributed by atoms with E-state index in [2.05, 4.69) is 46.2 Å². The minimum Gasteiger partial charge on any atom is -0.350 e. The van der Waals surface area contributed by atoms with Crippen LogP contribution in [0.5, 0.6) is 0 Å². The molecule has 0 fully saturated rings. The maximum Gasteiger partial charge on any atom is 0.0359 e. The smallest absolute Gasteiger partial charge is 0.0359 e. The lowest BCUT2D eigenvalue weighted by molar-refractivity contribution is 0.605. The van der Waals surface area contributed by atoms with E-state index in [9.17, 15) is 0 Å². The molecule has 0 aliphatic heterocycles. The summed E-state index contributed by atoms with van der Waals surface area (Å²) in [6.45, 7) is 5.23. The first-order valence-electron chi connectivity index (χ1n) is 6.64. The Morgan fingerprint density at radius 3 is 3.00 bits per heavy atom. The van der Waals surface area contributed by atoms with E-state index < -0.39 is 0 Å². The SMILES string of the molecule is CCCNCc1cccn1CCc1cccnc1. The maximum atomic E-state index is 4.15. The first-order chi connectivity index (χ1) is 8.90. The summed E-state index contributed by atoms with van der Waals surface area (Å²) in [7, 11) is 0. The van der Waals surface area contributed by atoms with E-state index >= 15 is 0 Å². The van der Waals surface area contributed by atoms with Gasteiger partial charge >= 0.3 is 0 Å². The molecule has 1 N–H and O–H groups in total. The van der Waals surface area contributed by atoms with Crippen LogP contribution < -0.4 is 5.32 Å². The highest BCUT2D eigenvalue weighted by atomic mass is 15.0. The molecule has 0 spiro atoms. The number of aryl methyl sites for hydroxylation is 2. The number of aromatic nitrogens is 2. The fourth-order valence-corrected chi connectivity index (χ4v) is 2.02. The van der Waals surface area contributed by atoms with E-state index in [0.717, 1.165) is 26.1 Å². The van der Waals surface area contributed by atoms with Gasteiger partial charge in [-0.1, -0.05) is 13.0 Å². The Labute approximate surface area is 109 Å². The minimum atomic E-state index is 0.952. The predicted molar refractivity (Wildman–Crippen MR) is 74.4 cm³/mol. The molecule has 0 radical (unpaired) electrons. The lowest BCUT2D eigenvalue weighted by atomic mass is 10.2. The van der Waals surface area contributed by atoms with Crippen LogP contribution in [0.1, 0.15) is 24.6 Å². The van der Waals surface area contributed by atoms with Gasteiger partial charge in [0, 0.05) is 37.4 Å². The third-order valence-corrected chi connectivity index (χ3v) is 3.02. The Hall–Kier alpha value is -1.61. The zero-order valence-corrected chi connectivity index (χ0v) is 11.0. The second kappa shape index (κ2) is 6.97. The van der Waals surface area contributed by atoms with Gasteiger partial charge in [0.05, 0.1) is 0 Å². The molecule has 0 amide bonds. The van der Waals surface area contributed by atoms with Crippen molar-refractivity contribution in [2.75, 3.05) is 6.54 Å². The number of nitrogens with zero attached hydrogens (tertiary/aromatic N) is 2.